The van der Waals surface area contributed by atoms with Gasteiger partial charge in [-0.3, -0.25) is 9.36 Å². The van der Waals surface area contributed by atoms with Gasteiger partial charge in [-0.25, -0.2) is 0 Å². The van der Waals surface area contributed by atoms with Crippen molar-refractivity contribution in [2.75, 3.05) is 5.75 Å². The number of hydrogen-bond acceptors (Lipinski definition) is 4. The molecule has 0 unspecified atom stereocenters. The molecule has 0 radical (unpaired) electrons. The molecule has 0 atom stereocenters. The maximum absolute atomic E-state index is 10.8. The van der Waals surface area contributed by atoms with Crippen LogP contribution < -0.4 is 0 Å². The predicted octanol–water partition coefficient (Wildman–Crippen LogP) is 3.63. The van der Waals surface area contributed by atoms with Crippen LogP contribution in [-0.2, 0) is 4.79 Å². The Hall–Kier alpha value is -1.24. The Labute approximate surface area is 135 Å². The summed E-state index contributed by atoms with van der Waals surface area (Å²) in [5.41, 5.74) is 0.796. The van der Waals surface area contributed by atoms with Gasteiger partial charge in [0, 0.05) is 5.92 Å². The summed E-state index contributed by atoms with van der Waals surface area (Å²) >= 11 is 13.2. The van der Waals surface area contributed by atoms with Gasteiger partial charge in [-0.05, 0) is 31.0 Å². The third-order valence-electron chi connectivity index (χ3n) is 3.09. The lowest BCUT2D eigenvalue weighted by Gasteiger charge is -2.10. The Bertz CT molecular complexity index is 701. The molecule has 8 heteroatoms. The highest BCUT2D eigenvalue weighted by Crippen LogP contribution is 2.41. The highest BCUT2D eigenvalue weighted by Gasteiger charge is 2.31. The second kappa shape index (κ2) is 5.87. The summed E-state index contributed by atoms with van der Waals surface area (Å²) in [5.74, 6) is 0.272. The Morgan fingerprint density at radius 1 is 1.33 bits per heavy atom. The van der Waals surface area contributed by atoms with Crippen molar-refractivity contribution >= 4 is 40.9 Å². The summed E-state index contributed by atoms with van der Waals surface area (Å²) in [6, 6.07) is 5.28. The topological polar surface area (TPSA) is 68.0 Å². The minimum atomic E-state index is -0.892. The molecule has 1 aromatic heterocycles. The maximum Gasteiger partial charge on any atom is 0.313 e. The van der Waals surface area contributed by atoms with Gasteiger partial charge >= 0.3 is 5.97 Å². The molecule has 1 N–H and O–H groups in total. The van der Waals surface area contributed by atoms with Crippen molar-refractivity contribution in [1.82, 2.24) is 14.8 Å². The van der Waals surface area contributed by atoms with Crippen molar-refractivity contribution in [3.05, 3.63) is 34.1 Å². The summed E-state index contributed by atoms with van der Waals surface area (Å²) in [6.07, 6.45) is 2.14. The zero-order chi connectivity index (χ0) is 15.0. The van der Waals surface area contributed by atoms with E-state index in [4.69, 9.17) is 28.3 Å². The molecular formula is C13H11Cl2N3O2S. The quantitative estimate of drug-likeness (QED) is 0.839. The van der Waals surface area contributed by atoms with Crippen LogP contribution >= 0.6 is 35.0 Å². The fraction of sp³-hybridized carbons (Fsp3) is 0.308. The molecule has 1 fully saturated rings. The molecule has 1 aliphatic carbocycles. The number of halogens is 2. The Kier molecular flexibility index (Phi) is 4.10. The van der Waals surface area contributed by atoms with E-state index in [1.807, 2.05) is 10.6 Å². The molecule has 21 heavy (non-hydrogen) atoms. The van der Waals surface area contributed by atoms with Crippen LogP contribution in [0.3, 0.4) is 0 Å². The number of carboxylic acids is 1. The van der Waals surface area contributed by atoms with Gasteiger partial charge in [0.15, 0.2) is 5.16 Å². The highest BCUT2D eigenvalue weighted by atomic mass is 35.5. The maximum atomic E-state index is 10.8. The van der Waals surface area contributed by atoms with E-state index in [1.54, 1.807) is 12.1 Å². The lowest BCUT2D eigenvalue weighted by molar-refractivity contribution is -0.133. The number of hydrogen-bond donors (Lipinski definition) is 1. The van der Waals surface area contributed by atoms with Crippen LogP contribution in [-0.4, -0.2) is 31.6 Å². The van der Waals surface area contributed by atoms with Gasteiger partial charge < -0.3 is 5.11 Å². The highest BCUT2D eigenvalue weighted by molar-refractivity contribution is 7.99. The fourth-order valence-corrected chi connectivity index (χ4v) is 2.95. The standard InChI is InChI=1S/C13H11Cl2N3O2S/c14-9-4-3-8(5-10(9)15)18-12(7-1-2-7)16-17-13(18)21-6-11(19)20/h3-5,7H,1-2,6H2,(H,19,20). The monoisotopic (exact) mass is 343 g/mol. The van der Waals surface area contributed by atoms with E-state index in [0.717, 1.165) is 36.1 Å². The van der Waals surface area contributed by atoms with Crippen molar-refractivity contribution in [3.63, 3.8) is 0 Å². The van der Waals surface area contributed by atoms with Crippen LogP contribution in [0.25, 0.3) is 5.69 Å². The molecule has 1 aromatic carbocycles. The molecule has 1 saturated carbocycles. The first-order valence-electron chi connectivity index (χ1n) is 6.31. The summed E-state index contributed by atoms with van der Waals surface area (Å²) in [7, 11) is 0. The number of rotatable bonds is 5. The fourth-order valence-electron chi connectivity index (χ4n) is 1.97. The van der Waals surface area contributed by atoms with E-state index in [2.05, 4.69) is 10.2 Å². The van der Waals surface area contributed by atoms with Crippen LogP contribution in [0.4, 0.5) is 0 Å². The zero-order valence-corrected chi connectivity index (χ0v) is 13.1. The minimum absolute atomic E-state index is 0.0654. The first-order valence-corrected chi connectivity index (χ1v) is 8.05. The number of benzene rings is 1. The summed E-state index contributed by atoms with van der Waals surface area (Å²) < 4.78 is 1.87. The van der Waals surface area contributed by atoms with Crippen LogP contribution in [0.2, 0.25) is 10.0 Å². The third-order valence-corrected chi connectivity index (χ3v) is 4.74. The first kappa shape index (κ1) is 14.7. The molecule has 0 amide bonds. The van der Waals surface area contributed by atoms with Crippen molar-refractivity contribution < 1.29 is 9.90 Å². The molecule has 5 nitrogen and oxygen atoms in total. The smallest absolute Gasteiger partial charge is 0.313 e. The minimum Gasteiger partial charge on any atom is -0.481 e. The van der Waals surface area contributed by atoms with Gasteiger partial charge in [-0.2, -0.15) is 0 Å². The van der Waals surface area contributed by atoms with Crippen LogP contribution in [0, 0.1) is 0 Å². The van der Waals surface area contributed by atoms with Crippen LogP contribution in [0.5, 0.6) is 0 Å². The van der Waals surface area contributed by atoms with Gasteiger partial charge in [0.05, 0.1) is 21.5 Å². The number of nitrogens with zero attached hydrogens (tertiary/aromatic N) is 3. The van der Waals surface area contributed by atoms with Crippen molar-refractivity contribution in [2.45, 2.75) is 23.9 Å². The number of aliphatic carboxylic acids is 1. The molecule has 0 saturated heterocycles. The van der Waals surface area contributed by atoms with Crippen molar-refractivity contribution in [2.24, 2.45) is 0 Å². The number of carboxylic acid groups (broad SMARTS) is 1. The number of thioether (sulfide) groups is 1. The molecular weight excluding hydrogens is 333 g/mol. The average molecular weight is 344 g/mol. The average Bonchev–Trinajstić information content (AvgIpc) is 3.20. The van der Waals surface area contributed by atoms with Gasteiger partial charge in [0.2, 0.25) is 0 Å². The van der Waals surface area contributed by atoms with Gasteiger partial charge in [-0.1, -0.05) is 35.0 Å². The van der Waals surface area contributed by atoms with E-state index >= 15 is 0 Å². The Morgan fingerprint density at radius 2 is 2.10 bits per heavy atom. The van der Waals surface area contributed by atoms with E-state index in [-0.39, 0.29) is 5.75 Å². The molecule has 1 heterocycles. The lowest BCUT2D eigenvalue weighted by Crippen LogP contribution is -2.04. The Balaban J connectivity index is 2.02. The number of aromatic nitrogens is 3. The second-order valence-corrected chi connectivity index (χ2v) is 6.49. The Morgan fingerprint density at radius 3 is 2.71 bits per heavy atom. The summed E-state index contributed by atoms with van der Waals surface area (Å²) in [6.45, 7) is 0. The largest absolute Gasteiger partial charge is 0.481 e. The van der Waals surface area contributed by atoms with Gasteiger partial charge in [-0.15, -0.1) is 10.2 Å². The molecule has 110 valence electrons. The van der Waals surface area contributed by atoms with E-state index in [9.17, 15) is 4.79 Å². The summed E-state index contributed by atoms with van der Waals surface area (Å²) in [5, 5.41) is 18.6. The van der Waals surface area contributed by atoms with Gasteiger partial charge in [0.1, 0.15) is 5.82 Å². The predicted molar refractivity (Wildman–Crippen MR) is 81.7 cm³/mol. The normalized spacial score (nSPS) is 14.4. The molecule has 0 bridgehead atoms. The SMILES string of the molecule is O=C(O)CSc1nnc(C2CC2)n1-c1ccc(Cl)c(Cl)c1. The molecule has 0 aliphatic heterocycles. The van der Waals surface area contributed by atoms with Crippen molar-refractivity contribution in [1.29, 1.82) is 0 Å². The molecule has 2 aromatic rings. The van der Waals surface area contributed by atoms with E-state index in [1.165, 1.54) is 0 Å². The second-order valence-electron chi connectivity index (χ2n) is 4.73. The van der Waals surface area contributed by atoms with Crippen LogP contribution in [0.15, 0.2) is 23.4 Å². The zero-order valence-electron chi connectivity index (χ0n) is 10.8. The van der Waals surface area contributed by atoms with E-state index in [0.29, 0.717) is 21.1 Å². The third kappa shape index (κ3) is 3.17. The molecule has 3 rings (SSSR count). The lowest BCUT2D eigenvalue weighted by atomic mass is 10.3. The number of carbonyl (C=O) groups is 1. The van der Waals surface area contributed by atoms with E-state index < -0.39 is 5.97 Å². The molecule has 1 aliphatic rings. The molecule has 0 spiro atoms. The first-order chi connectivity index (χ1) is 10.1. The van der Waals surface area contributed by atoms with Crippen molar-refractivity contribution in [3.8, 4) is 5.69 Å². The van der Waals surface area contributed by atoms with Gasteiger partial charge in [0.25, 0.3) is 0 Å². The van der Waals surface area contributed by atoms with Crippen LogP contribution in [0.1, 0.15) is 24.6 Å². The summed E-state index contributed by atoms with van der Waals surface area (Å²) in [4.78, 5) is 10.8.